The van der Waals surface area contributed by atoms with Crippen LogP contribution in [0.15, 0.2) is 36.4 Å². The monoisotopic (exact) mass is 241 g/mol. The summed E-state index contributed by atoms with van der Waals surface area (Å²) >= 11 is 0. The van der Waals surface area contributed by atoms with Crippen LogP contribution in [0.5, 0.6) is 0 Å². The molecule has 1 aliphatic heterocycles. The van der Waals surface area contributed by atoms with Crippen LogP contribution in [0, 0.1) is 5.92 Å². The highest BCUT2D eigenvalue weighted by Crippen LogP contribution is 2.31. The SMILES string of the molecule is CC1CN(c2cc3ccccc3cc2C(=O)O)C1. The predicted octanol–water partition coefficient (Wildman–Crippen LogP) is 2.99. The van der Waals surface area contributed by atoms with Crippen molar-refractivity contribution in [3.8, 4) is 0 Å². The summed E-state index contributed by atoms with van der Waals surface area (Å²) in [5.74, 6) is -0.201. The van der Waals surface area contributed by atoms with Crippen molar-refractivity contribution in [2.45, 2.75) is 6.92 Å². The third-order valence-electron chi connectivity index (χ3n) is 3.50. The molecule has 2 aromatic carbocycles. The van der Waals surface area contributed by atoms with Crippen LogP contribution in [0.3, 0.4) is 0 Å². The van der Waals surface area contributed by atoms with E-state index in [-0.39, 0.29) is 0 Å². The minimum absolute atomic E-state index is 0.403. The molecule has 0 saturated carbocycles. The number of hydrogen-bond donors (Lipinski definition) is 1. The topological polar surface area (TPSA) is 40.5 Å². The molecule has 1 heterocycles. The Morgan fingerprint density at radius 3 is 2.39 bits per heavy atom. The number of nitrogens with zero attached hydrogens (tertiary/aromatic N) is 1. The van der Waals surface area contributed by atoms with Crippen LogP contribution in [-0.2, 0) is 0 Å². The maximum absolute atomic E-state index is 11.4. The van der Waals surface area contributed by atoms with Crippen LogP contribution in [0.1, 0.15) is 17.3 Å². The van der Waals surface area contributed by atoms with E-state index in [1.54, 1.807) is 6.07 Å². The molecule has 3 heteroatoms. The highest BCUT2D eigenvalue weighted by Gasteiger charge is 2.26. The summed E-state index contributed by atoms with van der Waals surface area (Å²) in [4.78, 5) is 13.5. The number of anilines is 1. The fourth-order valence-electron chi connectivity index (χ4n) is 2.56. The highest BCUT2D eigenvalue weighted by molar-refractivity contribution is 6.01. The van der Waals surface area contributed by atoms with Gasteiger partial charge in [0, 0.05) is 13.1 Å². The predicted molar refractivity (Wildman–Crippen MR) is 72.3 cm³/mol. The number of rotatable bonds is 2. The Bertz CT molecular complexity index is 615. The lowest BCUT2D eigenvalue weighted by Crippen LogP contribution is -2.45. The first kappa shape index (κ1) is 11.1. The molecule has 0 spiro atoms. The molecule has 0 unspecified atom stereocenters. The zero-order valence-electron chi connectivity index (χ0n) is 10.3. The highest BCUT2D eigenvalue weighted by atomic mass is 16.4. The summed E-state index contributed by atoms with van der Waals surface area (Å²) in [6.07, 6.45) is 0. The summed E-state index contributed by atoms with van der Waals surface area (Å²) in [6.45, 7) is 4.06. The van der Waals surface area contributed by atoms with Crippen LogP contribution in [0.4, 0.5) is 5.69 Å². The molecule has 92 valence electrons. The minimum atomic E-state index is -0.852. The summed E-state index contributed by atoms with van der Waals surface area (Å²) < 4.78 is 0. The maximum Gasteiger partial charge on any atom is 0.337 e. The Labute approximate surface area is 106 Å². The number of carboxylic acid groups (broad SMARTS) is 1. The van der Waals surface area contributed by atoms with E-state index in [1.165, 1.54) is 0 Å². The first-order valence-electron chi connectivity index (χ1n) is 6.16. The van der Waals surface area contributed by atoms with Gasteiger partial charge in [-0.3, -0.25) is 0 Å². The molecule has 1 aliphatic rings. The molecule has 0 atom stereocenters. The average molecular weight is 241 g/mol. The van der Waals surface area contributed by atoms with Gasteiger partial charge in [0.1, 0.15) is 0 Å². The van der Waals surface area contributed by atoms with Gasteiger partial charge in [-0.2, -0.15) is 0 Å². The van der Waals surface area contributed by atoms with Crippen LogP contribution in [-0.4, -0.2) is 24.2 Å². The van der Waals surface area contributed by atoms with Crippen molar-refractivity contribution in [3.05, 3.63) is 42.0 Å². The molecule has 3 rings (SSSR count). The number of hydrogen-bond acceptors (Lipinski definition) is 2. The Morgan fingerprint density at radius 1 is 1.22 bits per heavy atom. The lowest BCUT2D eigenvalue weighted by Gasteiger charge is -2.40. The maximum atomic E-state index is 11.4. The molecule has 1 N–H and O–H groups in total. The van der Waals surface area contributed by atoms with Crippen molar-refractivity contribution in [3.63, 3.8) is 0 Å². The normalized spacial score (nSPS) is 15.7. The quantitative estimate of drug-likeness (QED) is 0.878. The van der Waals surface area contributed by atoms with Gasteiger partial charge >= 0.3 is 5.97 Å². The van der Waals surface area contributed by atoms with Gasteiger partial charge < -0.3 is 10.0 Å². The molecule has 0 bridgehead atoms. The molecular formula is C15H15NO2. The number of carbonyl (C=O) groups is 1. The van der Waals surface area contributed by atoms with Gasteiger partial charge in [-0.1, -0.05) is 31.2 Å². The van der Waals surface area contributed by atoms with E-state index in [0.717, 1.165) is 29.5 Å². The first-order chi connectivity index (χ1) is 8.65. The van der Waals surface area contributed by atoms with Crippen LogP contribution >= 0.6 is 0 Å². The van der Waals surface area contributed by atoms with Gasteiger partial charge in [0.15, 0.2) is 0 Å². The molecule has 18 heavy (non-hydrogen) atoms. The minimum Gasteiger partial charge on any atom is -0.478 e. The second-order valence-electron chi connectivity index (χ2n) is 5.03. The molecular weight excluding hydrogens is 226 g/mol. The van der Waals surface area contributed by atoms with Crippen LogP contribution in [0.2, 0.25) is 0 Å². The Morgan fingerprint density at radius 2 is 1.83 bits per heavy atom. The summed E-state index contributed by atoms with van der Waals surface area (Å²) in [5.41, 5.74) is 1.25. The van der Waals surface area contributed by atoms with Gasteiger partial charge in [-0.05, 0) is 28.8 Å². The number of aromatic carboxylic acids is 1. The molecule has 1 saturated heterocycles. The van der Waals surface area contributed by atoms with Gasteiger partial charge in [0.2, 0.25) is 0 Å². The Hall–Kier alpha value is -2.03. The smallest absolute Gasteiger partial charge is 0.337 e. The molecule has 3 nitrogen and oxygen atoms in total. The molecule has 0 amide bonds. The third kappa shape index (κ3) is 1.72. The number of fused-ring (bicyclic) bond motifs is 1. The van der Waals surface area contributed by atoms with Gasteiger partial charge in [0.05, 0.1) is 11.3 Å². The van der Waals surface area contributed by atoms with E-state index in [2.05, 4.69) is 11.8 Å². The number of benzene rings is 2. The summed E-state index contributed by atoms with van der Waals surface area (Å²) in [7, 11) is 0. The van der Waals surface area contributed by atoms with E-state index in [9.17, 15) is 9.90 Å². The van der Waals surface area contributed by atoms with Crippen LogP contribution < -0.4 is 4.90 Å². The van der Waals surface area contributed by atoms with E-state index in [4.69, 9.17) is 0 Å². The van der Waals surface area contributed by atoms with Crippen LogP contribution in [0.25, 0.3) is 10.8 Å². The fourth-order valence-corrected chi connectivity index (χ4v) is 2.56. The van der Waals surface area contributed by atoms with Gasteiger partial charge in [-0.15, -0.1) is 0 Å². The molecule has 1 fully saturated rings. The second kappa shape index (κ2) is 4.02. The van der Waals surface area contributed by atoms with Crippen molar-refractivity contribution in [1.82, 2.24) is 0 Å². The fraction of sp³-hybridized carbons (Fsp3) is 0.267. The van der Waals surface area contributed by atoms with Crippen molar-refractivity contribution < 1.29 is 9.90 Å². The third-order valence-corrected chi connectivity index (χ3v) is 3.50. The van der Waals surface area contributed by atoms with Crippen molar-refractivity contribution >= 4 is 22.4 Å². The summed E-state index contributed by atoms with van der Waals surface area (Å²) in [5, 5.41) is 11.4. The largest absolute Gasteiger partial charge is 0.478 e. The van der Waals surface area contributed by atoms with E-state index in [1.807, 2.05) is 30.3 Å². The second-order valence-corrected chi connectivity index (χ2v) is 5.03. The lowest BCUT2D eigenvalue weighted by atomic mass is 9.97. The summed E-state index contributed by atoms with van der Waals surface area (Å²) in [6, 6.07) is 11.6. The van der Waals surface area contributed by atoms with E-state index < -0.39 is 5.97 Å². The molecule has 0 aliphatic carbocycles. The van der Waals surface area contributed by atoms with Gasteiger partial charge in [0.25, 0.3) is 0 Å². The standard InChI is InChI=1S/C15H15NO2/c1-10-8-16(9-10)14-7-12-5-3-2-4-11(12)6-13(14)15(17)18/h2-7,10H,8-9H2,1H3,(H,17,18). The molecule has 0 radical (unpaired) electrons. The zero-order chi connectivity index (χ0) is 12.7. The lowest BCUT2D eigenvalue weighted by molar-refractivity contribution is 0.0697. The first-order valence-corrected chi connectivity index (χ1v) is 6.16. The Balaban J connectivity index is 2.15. The Kier molecular flexibility index (Phi) is 2.47. The average Bonchev–Trinajstić information content (AvgIpc) is 2.33. The van der Waals surface area contributed by atoms with Crippen molar-refractivity contribution in [2.24, 2.45) is 5.92 Å². The van der Waals surface area contributed by atoms with E-state index >= 15 is 0 Å². The van der Waals surface area contributed by atoms with E-state index in [0.29, 0.717) is 11.5 Å². The number of carboxylic acids is 1. The van der Waals surface area contributed by atoms with Crippen molar-refractivity contribution in [1.29, 1.82) is 0 Å². The molecule has 2 aromatic rings. The molecule has 0 aromatic heterocycles. The zero-order valence-corrected chi connectivity index (χ0v) is 10.3. The van der Waals surface area contributed by atoms with Crippen molar-refractivity contribution in [2.75, 3.05) is 18.0 Å². The van der Waals surface area contributed by atoms with Gasteiger partial charge in [-0.25, -0.2) is 4.79 Å².